The van der Waals surface area contributed by atoms with Gasteiger partial charge in [-0.1, -0.05) is 35.9 Å². The van der Waals surface area contributed by atoms with Gasteiger partial charge < -0.3 is 10.4 Å². The number of aliphatic hydroxyl groups is 1. The van der Waals surface area contributed by atoms with E-state index in [1.807, 2.05) is 24.3 Å². The molecule has 0 bridgehead atoms. The number of nitrogens with zero attached hydrogens (tertiary/aromatic N) is 2. The summed E-state index contributed by atoms with van der Waals surface area (Å²) < 4.78 is 0. The third kappa shape index (κ3) is 1.82. The Labute approximate surface area is 110 Å². The molecule has 2 N–H and O–H groups in total. The van der Waals surface area contributed by atoms with E-state index in [1.165, 1.54) is 0 Å². The average Bonchev–Trinajstić information content (AvgIpc) is 2.37. The SMILES string of the molecule is OCC1(Nc2nnc(Cl)c3ccccc23)CCC1. The molecule has 1 aromatic carbocycles. The van der Waals surface area contributed by atoms with Crippen molar-refractivity contribution in [1.29, 1.82) is 0 Å². The Kier molecular flexibility index (Phi) is 2.84. The lowest BCUT2D eigenvalue weighted by molar-refractivity contribution is 0.144. The fourth-order valence-electron chi connectivity index (χ4n) is 2.34. The summed E-state index contributed by atoms with van der Waals surface area (Å²) in [6, 6.07) is 7.74. The molecule has 0 saturated heterocycles. The summed E-state index contributed by atoms with van der Waals surface area (Å²) in [7, 11) is 0. The number of benzene rings is 1. The molecule has 18 heavy (non-hydrogen) atoms. The largest absolute Gasteiger partial charge is 0.394 e. The molecule has 1 heterocycles. The zero-order valence-corrected chi connectivity index (χ0v) is 10.6. The molecule has 0 radical (unpaired) electrons. The summed E-state index contributed by atoms with van der Waals surface area (Å²) in [5.41, 5.74) is -0.231. The van der Waals surface area contributed by atoms with Crippen LogP contribution in [-0.2, 0) is 0 Å². The van der Waals surface area contributed by atoms with Gasteiger partial charge in [-0.25, -0.2) is 0 Å². The zero-order valence-electron chi connectivity index (χ0n) is 9.86. The van der Waals surface area contributed by atoms with Crippen molar-refractivity contribution in [3.8, 4) is 0 Å². The number of rotatable bonds is 3. The van der Waals surface area contributed by atoms with Gasteiger partial charge in [-0.15, -0.1) is 10.2 Å². The van der Waals surface area contributed by atoms with Crippen LogP contribution in [0.1, 0.15) is 19.3 Å². The van der Waals surface area contributed by atoms with E-state index in [9.17, 15) is 5.11 Å². The summed E-state index contributed by atoms with van der Waals surface area (Å²) in [5, 5.41) is 23.1. The molecule has 2 aromatic rings. The predicted octanol–water partition coefficient (Wildman–Crippen LogP) is 2.61. The summed E-state index contributed by atoms with van der Waals surface area (Å²) in [5.74, 6) is 0.698. The second kappa shape index (κ2) is 4.37. The van der Waals surface area contributed by atoms with Crippen LogP contribution < -0.4 is 5.32 Å². The predicted molar refractivity (Wildman–Crippen MR) is 71.8 cm³/mol. The van der Waals surface area contributed by atoms with Gasteiger partial charge in [-0.05, 0) is 19.3 Å². The van der Waals surface area contributed by atoms with E-state index >= 15 is 0 Å². The van der Waals surface area contributed by atoms with Gasteiger partial charge in [-0.2, -0.15) is 0 Å². The van der Waals surface area contributed by atoms with E-state index in [2.05, 4.69) is 15.5 Å². The Balaban J connectivity index is 2.04. The van der Waals surface area contributed by atoms with Crippen LogP contribution in [0.15, 0.2) is 24.3 Å². The lowest BCUT2D eigenvalue weighted by atomic mass is 9.77. The molecule has 0 unspecified atom stereocenters. The average molecular weight is 264 g/mol. The third-order valence-electron chi connectivity index (χ3n) is 3.64. The van der Waals surface area contributed by atoms with E-state index < -0.39 is 0 Å². The van der Waals surface area contributed by atoms with Crippen molar-refractivity contribution in [2.24, 2.45) is 0 Å². The number of hydrogen-bond acceptors (Lipinski definition) is 4. The van der Waals surface area contributed by atoms with Gasteiger partial charge in [0.05, 0.1) is 12.1 Å². The van der Waals surface area contributed by atoms with Crippen molar-refractivity contribution in [1.82, 2.24) is 10.2 Å². The van der Waals surface area contributed by atoms with E-state index in [-0.39, 0.29) is 12.1 Å². The van der Waals surface area contributed by atoms with Crippen molar-refractivity contribution in [3.63, 3.8) is 0 Å². The van der Waals surface area contributed by atoms with Crippen LogP contribution in [0.2, 0.25) is 5.15 Å². The Morgan fingerprint density at radius 3 is 2.56 bits per heavy atom. The maximum atomic E-state index is 9.49. The normalized spacial score (nSPS) is 17.4. The van der Waals surface area contributed by atoms with Gasteiger partial charge in [-0.3, -0.25) is 0 Å². The first-order valence-electron chi connectivity index (χ1n) is 6.04. The quantitative estimate of drug-likeness (QED) is 0.894. The third-order valence-corrected chi connectivity index (χ3v) is 3.92. The second-order valence-electron chi connectivity index (χ2n) is 4.80. The first-order chi connectivity index (χ1) is 8.74. The van der Waals surface area contributed by atoms with Crippen LogP contribution in [0.4, 0.5) is 5.82 Å². The van der Waals surface area contributed by atoms with E-state index in [0.717, 1.165) is 30.0 Å². The highest BCUT2D eigenvalue weighted by Gasteiger charge is 2.37. The fraction of sp³-hybridized carbons (Fsp3) is 0.385. The van der Waals surface area contributed by atoms with Crippen LogP contribution in [0.3, 0.4) is 0 Å². The highest BCUT2D eigenvalue weighted by atomic mass is 35.5. The number of halogens is 1. The number of anilines is 1. The summed E-state index contributed by atoms with van der Waals surface area (Å²) in [4.78, 5) is 0. The maximum absolute atomic E-state index is 9.49. The smallest absolute Gasteiger partial charge is 0.159 e. The molecule has 5 heteroatoms. The monoisotopic (exact) mass is 263 g/mol. The molecule has 1 fully saturated rings. The summed E-state index contributed by atoms with van der Waals surface area (Å²) >= 11 is 6.03. The second-order valence-corrected chi connectivity index (χ2v) is 5.16. The molecule has 1 aliphatic carbocycles. The van der Waals surface area contributed by atoms with Crippen LogP contribution in [0, 0.1) is 0 Å². The Morgan fingerprint density at radius 2 is 1.94 bits per heavy atom. The number of nitrogens with one attached hydrogen (secondary N) is 1. The zero-order chi connectivity index (χ0) is 12.6. The lowest BCUT2D eigenvalue weighted by Crippen LogP contribution is -2.48. The molecule has 0 spiro atoms. The summed E-state index contributed by atoms with van der Waals surface area (Å²) in [6.45, 7) is 0.117. The van der Waals surface area contributed by atoms with Gasteiger partial charge in [0.15, 0.2) is 11.0 Å². The van der Waals surface area contributed by atoms with E-state index in [1.54, 1.807) is 0 Å². The highest BCUT2D eigenvalue weighted by Crippen LogP contribution is 2.36. The minimum atomic E-state index is -0.231. The van der Waals surface area contributed by atoms with Crippen molar-refractivity contribution in [2.75, 3.05) is 11.9 Å². The number of fused-ring (bicyclic) bond motifs is 1. The fourth-order valence-corrected chi connectivity index (χ4v) is 2.54. The molecule has 1 aromatic heterocycles. The van der Waals surface area contributed by atoms with E-state index in [0.29, 0.717) is 11.0 Å². The van der Waals surface area contributed by atoms with Gasteiger partial charge in [0.2, 0.25) is 0 Å². The number of aromatic nitrogens is 2. The van der Waals surface area contributed by atoms with Crippen LogP contribution in [0.25, 0.3) is 10.8 Å². The van der Waals surface area contributed by atoms with Gasteiger partial charge in [0, 0.05) is 10.8 Å². The molecular weight excluding hydrogens is 250 g/mol. The molecule has 1 aliphatic rings. The first kappa shape index (κ1) is 11.7. The minimum Gasteiger partial charge on any atom is -0.394 e. The molecule has 0 amide bonds. The first-order valence-corrected chi connectivity index (χ1v) is 6.42. The van der Waals surface area contributed by atoms with Crippen molar-refractivity contribution in [2.45, 2.75) is 24.8 Å². The standard InChI is InChI=1S/C13H14ClN3O/c14-11-9-4-1-2-5-10(9)12(17-16-11)15-13(8-18)6-3-7-13/h1-2,4-5,18H,3,6-8H2,(H,15,17). The topological polar surface area (TPSA) is 58.0 Å². The lowest BCUT2D eigenvalue weighted by Gasteiger charge is -2.41. The molecule has 1 saturated carbocycles. The molecule has 0 aliphatic heterocycles. The van der Waals surface area contributed by atoms with Crippen LogP contribution in [0.5, 0.6) is 0 Å². The number of hydrogen-bond donors (Lipinski definition) is 2. The summed E-state index contributed by atoms with van der Waals surface area (Å²) in [6.07, 6.45) is 3.05. The van der Waals surface area contributed by atoms with Gasteiger partial charge >= 0.3 is 0 Å². The Morgan fingerprint density at radius 1 is 1.22 bits per heavy atom. The Hall–Kier alpha value is -1.39. The molecule has 3 rings (SSSR count). The molecule has 0 atom stereocenters. The minimum absolute atomic E-state index is 0.117. The maximum Gasteiger partial charge on any atom is 0.159 e. The van der Waals surface area contributed by atoms with E-state index in [4.69, 9.17) is 11.6 Å². The molecular formula is C13H14ClN3O. The molecule has 4 nitrogen and oxygen atoms in total. The Bertz CT molecular complexity index is 578. The number of aliphatic hydroxyl groups excluding tert-OH is 1. The van der Waals surface area contributed by atoms with Crippen LogP contribution >= 0.6 is 11.6 Å². The van der Waals surface area contributed by atoms with Crippen molar-refractivity contribution in [3.05, 3.63) is 29.4 Å². The van der Waals surface area contributed by atoms with Crippen LogP contribution in [-0.4, -0.2) is 27.4 Å². The van der Waals surface area contributed by atoms with Gasteiger partial charge in [0.1, 0.15) is 0 Å². The molecule has 94 valence electrons. The van der Waals surface area contributed by atoms with Gasteiger partial charge in [0.25, 0.3) is 0 Å². The highest BCUT2D eigenvalue weighted by molar-refractivity contribution is 6.34. The van der Waals surface area contributed by atoms with Crippen molar-refractivity contribution >= 4 is 28.2 Å². The van der Waals surface area contributed by atoms with Crippen molar-refractivity contribution < 1.29 is 5.11 Å².